The third-order valence-corrected chi connectivity index (χ3v) is 4.51. The number of aryl methyl sites for hydroxylation is 1. The Bertz CT molecular complexity index is 698. The Labute approximate surface area is 165 Å². The number of aromatic nitrogens is 2. The molecule has 0 spiro atoms. The van der Waals surface area contributed by atoms with Crippen molar-refractivity contribution in [1.29, 1.82) is 0 Å². The van der Waals surface area contributed by atoms with E-state index in [1.54, 1.807) is 0 Å². The van der Waals surface area contributed by atoms with Gasteiger partial charge in [-0.05, 0) is 36.1 Å². The fraction of sp³-hybridized carbons (Fsp3) is 0.444. The number of guanidine groups is 1. The second-order valence-corrected chi connectivity index (χ2v) is 6.23. The van der Waals surface area contributed by atoms with E-state index in [2.05, 4.69) is 26.5 Å². The summed E-state index contributed by atoms with van der Waals surface area (Å²) in [5, 5.41) is 7.68. The third kappa shape index (κ3) is 5.17. The number of hydrogen-bond acceptors (Lipinski definition) is 2. The number of halogens is 2. The van der Waals surface area contributed by atoms with Gasteiger partial charge in [-0.2, -0.15) is 5.10 Å². The lowest BCUT2D eigenvalue weighted by Crippen LogP contribution is -2.40. The summed E-state index contributed by atoms with van der Waals surface area (Å²) in [6, 6.07) is 6.66. The van der Waals surface area contributed by atoms with Crippen LogP contribution in [0.3, 0.4) is 0 Å². The first kappa shape index (κ1) is 19.7. The van der Waals surface area contributed by atoms with Gasteiger partial charge in [0.2, 0.25) is 0 Å². The predicted octanol–water partition coefficient (Wildman–Crippen LogP) is 2.78. The van der Waals surface area contributed by atoms with Crippen molar-refractivity contribution < 1.29 is 4.39 Å². The summed E-state index contributed by atoms with van der Waals surface area (Å²) in [7, 11) is 3.77. The van der Waals surface area contributed by atoms with Crippen LogP contribution in [0.1, 0.15) is 23.5 Å². The summed E-state index contributed by atoms with van der Waals surface area (Å²) in [6.45, 7) is 2.74. The molecule has 5 nitrogen and oxygen atoms in total. The average Bonchev–Trinajstić information content (AvgIpc) is 3.22. The standard InChI is InChI=1S/C18H24FN5.HI/c1-20-18(21-9-7-14-3-5-17(19)6-4-14)24-10-8-15(13-24)16-11-22-23(2)12-16;/h3-6,11-12,15H,7-10,13H2,1-2H3,(H,20,21);1H. The van der Waals surface area contributed by atoms with Gasteiger partial charge in [0.25, 0.3) is 0 Å². The number of rotatable bonds is 4. The Morgan fingerprint density at radius 3 is 2.76 bits per heavy atom. The minimum absolute atomic E-state index is 0. The first-order chi connectivity index (χ1) is 11.7. The predicted molar refractivity (Wildman–Crippen MR) is 109 cm³/mol. The largest absolute Gasteiger partial charge is 0.356 e. The van der Waals surface area contributed by atoms with Crippen LogP contribution in [0, 0.1) is 5.82 Å². The van der Waals surface area contributed by atoms with E-state index in [1.807, 2.05) is 37.1 Å². The molecule has 25 heavy (non-hydrogen) atoms. The van der Waals surface area contributed by atoms with Gasteiger partial charge >= 0.3 is 0 Å². The van der Waals surface area contributed by atoms with Gasteiger partial charge in [0.15, 0.2) is 5.96 Å². The highest BCUT2D eigenvalue weighted by atomic mass is 127. The molecule has 1 N–H and O–H groups in total. The van der Waals surface area contributed by atoms with Gasteiger partial charge in [-0.3, -0.25) is 9.67 Å². The molecule has 0 aliphatic carbocycles. The normalized spacial score (nSPS) is 17.5. The van der Waals surface area contributed by atoms with Crippen molar-refractivity contribution in [3.63, 3.8) is 0 Å². The van der Waals surface area contributed by atoms with Gasteiger partial charge in [0.1, 0.15) is 5.82 Å². The lowest BCUT2D eigenvalue weighted by atomic mass is 10.0. The summed E-state index contributed by atoms with van der Waals surface area (Å²) >= 11 is 0. The Morgan fingerprint density at radius 1 is 1.36 bits per heavy atom. The molecule has 1 unspecified atom stereocenters. The van der Waals surface area contributed by atoms with E-state index in [0.717, 1.165) is 44.0 Å². The Balaban J connectivity index is 0.00000225. The van der Waals surface area contributed by atoms with Gasteiger partial charge < -0.3 is 10.2 Å². The maximum atomic E-state index is 12.9. The van der Waals surface area contributed by atoms with Crippen molar-refractivity contribution in [1.82, 2.24) is 20.0 Å². The molecule has 1 aliphatic rings. The first-order valence-corrected chi connectivity index (χ1v) is 8.34. The molecule has 136 valence electrons. The van der Waals surface area contributed by atoms with E-state index in [9.17, 15) is 4.39 Å². The minimum atomic E-state index is -0.193. The van der Waals surface area contributed by atoms with Gasteiger partial charge in [-0.1, -0.05) is 12.1 Å². The monoisotopic (exact) mass is 457 g/mol. The fourth-order valence-corrected chi connectivity index (χ4v) is 3.18. The zero-order valence-electron chi connectivity index (χ0n) is 14.7. The number of hydrogen-bond donors (Lipinski definition) is 1. The first-order valence-electron chi connectivity index (χ1n) is 8.34. The van der Waals surface area contributed by atoms with Crippen molar-refractivity contribution in [2.75, 3.05) is 26.7 Å². The zero-order chi connectivity index (χ0) is 16.9. The van der Waals surface area contributed by atoms with Crippen molar-refractivity contribution in [2.45, 2.75) is 18.8 Å². The molecule has 7 heteroatoms. The molecule has 1 aromatic heterocycles. The molecule has 2 aromatic rings. The average molecular weight is 457 g/mol. The molecular formula is C18H25FIN5. The Kier molecular flexibility index (Phi) is 7.22. The van der Waals surface area contributed by atoms with E-state index >= 15 is 0 Å². The summed E-state index contributed by atoms with van der Waals surface area (Å²) < 4.78 is 14.8. The second-order valence-electron chi connectivity index (χ2n) is 6.23. The summed E-state index contributed by atoms with van der Waals surface area (Å²) in [6.07, 6.45) is 6.02. The molecule has 1 atom stereocenters. The minimum Gasteiger partial charge on any atom is -0.356 e. The van der Waals surface area contributed by atoms with Crippen LogP contribution >= 0.6 is 24.0 Å². The maximum Gasteiger partial charge on any atom is 0.193 e. The smallest absolute Gasteiger partial charge is 0.193 e. The lowest BCUT2D eigenvalue weighted by molar-refractivity contribution is 0.486. The lowest BCUT2D eigenvalue weighted by Gasteiger charge is -2.21. The van der Waals surface area contributed by atoms with E-state index in [1.165, 1.54) is 17.7 Å². The van der Waals surface area contributed by atoms with Crippen LogP contribution in [0.5, 0.6) is 0 Å². The maximum absolute atomic E-state index is 12.9. The summed E-state index contributed by atoms with van der Waals surface area (Å²) in [5.74, 6) is 1.25. The number of benzene rings is 1. The van der Waals surface area contributed by atoms with Crippen molar-refractivity contribution >= 4 is 29.9 Å². The van der Waals surface area contributed by atoms with E-state index < -0.39 is 0 Å². The van der Waals surface area contributed by atoms with Crippen LogP contribution in [0.2, 0.25) is 0 Å². The van der Waals surface area contributed by atoms with Gasteiger partial charge in [-0.15, -0.1) is 24.0 Å². The van der Waals surface area contributed by atoms with Crippen LogP contribution in [0.15, 0.2) is 41.7 Å². The number of nitrogens with zero attached hydrogens (tertiary/aromatic N) is 4. The topological polar surface area (TPSA) is 45.5 Å². The van der Waals surface area contributed by atoms with Crippen LogP contribution in [0.25, 0.3) is 0 Å². The van der Waals surface area contributed by atoms with Crippen LogP contribution in [0.4, 0.5) is 4.39 Å². The highest BCUT2D eigenvalue weighted by Gasteiger charge is 2.26. The van der Waals surface area contributed by atoms with Crippen molar-refractivity contribution in [2.24, 2.45) is 12.0 Å². The van der Waals surface area contributed by atoms with Crippen LogP contribution < -0.4 is 5.32 Å². The van der Waals surface area contributed by atoms with E-state index in [-0.39, 0.29) is 29.8 Å². The van der Waals surface area contributed by atoms with Crippen molar-refractivity contribution in [3.8, 4) is 0 Å². The molecular weight excluding hydrogens is 432 g/mol. The Hall–Kier alpha value is -1.64. The Morgan fingerprint density at radius 2 is 2.12 bits per heavy atom. The van der Waals surface area contributed by atoms with E-state index in [4.69, 9.17) is 0 Å². The molecule has 0 bridgehead atoms. The molecule has 0 radical (unpaired) electrons. The number of aliphatic imine (C=N–C) groups is 1. The fourth-order valence-electron chi connectivity index (χ4n) is 3.18. The number of nitrogens with one attached hydrogen (secondary N) is 1. The highest BCUT2D eigenvalue weighted by molar-refractivity contribution is 14.0. The second kappa shape index (κ2) is 9.17. The van der Waals surface area contributed by atoms with Crippen LogP contribution in [-0.4, -0.2) is 47.3 Å². The summed E-state index contributed by atoms with van der Waals surface area (Å²) in [5.41, 5.74) is 2.41. The molecule has 1 aromatic carbocycles. The molecule has 3 rings (SSSR count). The van der Waals surface area contributed by atoms with Crippen LogP contribution in [-0.2, 0) is 13.5 Å². The molecule has 0 saturated carbocycles. The molecule has 1 saturated heterocycles. The summed E-state index contributed by atoms with van der Waals surface area (Å²) in [4.78, 5) is 6.69. The molecule has 0 amide bonds. The van der Waals surface area contributed by atoms with Gasteiger partial charge in [0, 0.05) is 45.8 Å². The van der Waals surface area contributed by atoms with Crippen molar-refractivity contribution in [3.05, 3.63) is 53.6 Å². The quantitative estimate of drug-likeness (QED) is 0.437. The highest BCUT2D eigenvalue weighted by Crippen LogP contribution is 2.26. The van der Waals surface area contributed by atoms with Gasteiger partial charge in [-0.25, -0.2) is 4.39 Å². The molecule has 2 heterocycles. The van der Waals surface area contributed by atoms with E-state index in [0.29, 0.717) is 5.92 Å². The SMILES string of the molecule is CN=C(NCCc1ccc(F)cc1)N1CCC(c2cnn(C)c2)C1.I. The van der Waals surface area contributed by atoms with Gasteiger partial charge in [0.05, 0.1) is 6.20 Å². The number of likely N-dealkylation sites (tertiary alicyclic amines) is 1. The third-order valence-electron chi connectivity index (χ3n) is 4.51. The molecule has 1 fully saturated rings. The zero-order valence-corrected chi connectivity index (χ0v) is 17.0. The molecule has 1 aliphatic heterocycles.